The topological polar surface area (TPSA) is 64.4 Å². The van der Waals surface area contributed by atoms with Crippen LogP contribution in [0.3, 0.4) is 0 Å². The third-order valence-electron chi connectivity index (χ3n) is 3.87. The molecule has 0 radical (unpaired) electrons. The molecule has 1 unspecified atom stereocenters. The van der Waals surface area contributed by atoms with Crippen LogP contribution >= 0.6 is 0 Å². The van der Waals surface area contributed by atoms with Crippen LogP contribution in [-0.2, 0) is 9.59 Å². The van der Waals surface area contributed by atoms with Crippen LogP contribution in [0.5, 0.6) is 0 Å². The Bertz CT molecular complexity index is 409. The first-order chi connectivity index (χ1) is 9.04. The van der Waals surface area contributed by atoms with Crippen molar-refractivity contribution >= 4 is 11.8 Å². The number of hydrogen-bond acceptors (Lipinski definition) is 3. The Morgan fingerprint density at radius 1 is 1.53 bits per heavy atom. The molecule has 2 aliphatic rings. The van der Waals surface area contributed by atoms with Crippen LogP contribution < -0.4 is 0 Å². The number of carbonyl (C=O) groups excluding carboxylic acids is 2. The van der Waals surface area contributed by atoms with Gasteiger partial charge in [0.15, 0.2) is 0 Å². The largest absolute Gasteiger partial charge is 0.339 e. The fraction of sp³-hybridized carbons (Fsp3) is 0.786. The van der Waals surface area contributed by atoms with E-state index in [1.54, 1.807) is 4.90 Å². The maximum Gasteiger partial charge on any atom is 0.228 e. The Kier molecular flexibility index (Phi) is 4.08. The molecule has 1 saturated heterocycles. The third kappa shape index (κ3) is 3.06. The highest BCUT2D eigenvalue weighted by atomic mass is 16.2. The number of nitriles is 1. The van der Waals surface area contributed by atoms with Gasteiger partial charge in [-0.25, -0.2) is 0 Å². The summed E-state index contributed by atoms with van der Waals surface area (Å²) in [5, 5.41) is 8.67. The van der Waals surface area contributed by atoms with Gasteiger partial charge in [0, 0.05) is 31.6 Å². The van der Waals surface area contributed by atoms with Crippen molar-refractivity contribution in [1.82, 2.24) is 9.80 Å². The predicted octanol–water partition coefficient (Wildman–Crippen LogP) is 1.15. The summed E-state index contributed by atoms with van der Waals surface area (Å²) in [4.78, 5) is 27.9. The van der Waals surface area contributed by atoms with Crippen LogP contribution in [0.2, 0.25) is 0 Å². The zero-order valence-electron chi connectivity index (χ0n) is 11.6. The fourth-order valence-corrected chi connectivity index (χ4v) is 2.66. The van der Waals surface area contributed by atoms with Gasteiger partial charge in [-0.2, -0.15) is 5.26 Å². The van der Waals surface area contributed by atoms with Crippen LogP contribution in [0.4, 0.5) is 0 Å². The lowest BCUT2D eigenvalue weighted by Crippen LogP contribution is -2.40. The van der Waals surface area contributed by atoms with E-state index in [1.807, 2.05) is 18.7 Å². The highest BCUT2D eigenvalue weighted by Crippen LogP contribution is 2.30. The minimum absolute atomic E-state index is 0.0641. The molecule has 1 aliphatic heterocycles. The SMILES string of the molecule is CC(C)N1CC(C(=O)N(CCC#N)C2CC2)CC1=O. The van der Waals surface area contributed by atoms with E-state index in [2.05, 4.69) is 6.07 Å². The first-order valence-corrected chi connectivity index (χ1v) is 7.01. The fourth-order valence-electron chi connectivity index (χ4n) is 2.66. The molecular weight excluding hydrogens is 242 g/mol. The highest BCUT2D eigenvalue weighted by Gasteiger charge is 2.41. The number of carbonyl (C=O) groups is 2. The summed E-state index contributed by atoms with van der Waals surface area (Å²) < 4.78 is 0. The summed E-state index contributed by atoms with van der Waals surface area (Å²) in [5.41, 5.74) is 0. The number of likely N-dealkylation sites (tertiary alicyclic amines) is 1. The van der Waals surface area contributed by atoms with Gasteiger partial charge < -0.3 is 9.80 Å². The molecule has 2 amide bonds. The molecule has 1 aliphatic carbocycles. The lowest BCUT2D eigenvalue weighted by Gasteiger charge is -2.25. The van der Waals surface area contributed by atoms with Crippen molar-refractivity contribution in [3.05, 3.63) is 0 Å². The molecule has 0 aromatic rings. The summed E-state index contributed by atoms with van der Waals surface area (Å²) >= 11 is 0. The summed E-state index contributed by atoms with van der Waals surface area (Å²) in [5.74, 6) is -0.0761. The average Bonchev–Trinajstić information content (AvgIpc) is 3.11. The van der Waals surface area contributed by atoms with Crippen LogP contribution in [0, 0.1) is 17.2 Å². The van der Waals surface area contributed by atoms with Gasteiger partial charge in [-0.1, -0.05) is 0 Å². The Hall–Kier alpha value is -1.57. The van der Waals surface area contributed by atoms with E-state index < -0.39 is 0 Å². The molecule has 19 heavy (non-hydrogen) atoms. The van der Waals surface area contributed by atoms with Crippen molar-refractivity contribution in [1.29, 1.82) is 5.26 Å². The lowest BCUT2D eigenvalue weighted by molar-refractivity contribution is -0.136. The van der Waals surface area contributed by atoms with Crippen molar-refractivity contribution in [2.45, 2.75) is 51.6 Å². The first kappa shape index (κ1) is 13.9. The van der Waals surface area contributed by atoms with Gasteiger partial charge in [0.2, 0.25) is 11.8 Å². The van der Waals surface area contributed by atoms with Gasteiger partial charge in [-0.3, -0.25) is 9.59 Å². The molecule has 0 N–H and O–H groups in total. The van der Waals surface area contributed by atoms with Crippen molar-refractivity contribution in [3.8, 4) is 6.07 Å². The normalized spacial score (nSPS) is 22.7. The second kappa shape index (κ2) is 5.60. The zero-order chi connectivity index (χ0) is 14.0. The number of hydrogen-bond donors (Lipinski definition) is 0. The minimum Gasteiger partial charge on any atom is -0.339 e. The zero-order valence-corrected chi connectivity index (χ0v) is 11.6. The second-order valence-corrected chi connectivity index (χ2v) is 5.71. The minimum atomic E-state index is -0.214. The van der Waals surface area contributed by atoms with Crippen LogP contribution in [0.25, 0.3) is 0 Å². The summed E-state index contributed by atoms with van der Waals surface area (Å²) in [6.07, 6.45) is 2.76. The van der Waals surface area contributed by atoms with Gasteiger partial charge in [-0.15, -0.1) is 0 Å². The molecule has 5 heteroatoms. The Morgan fingerprint density at radius 2 is 2.21 bits per heavy atom. The number of rotatable bonds is 5. The van der Waals surface area contributed by atoms with E-state index in [1.165, 1.54) is 0 Å². The molecular formula is C14H21N3O2. The molecule has 1 saturated carbocycles. The van der Waals surface area contributed by atoms with E-state index in [0.717, 1.165) is 12.8 Å². The molecule has 5 nitrogen and oxygen atoms in total. The van der Waals surface area contributed by atoms with Gasteiger partial charge in [0.05, 0.1) is 18.4 Å². The number of amides is 2. The monoisotopic (exact) mass is 263 g/mol. The Balaban J connectivity index is 1.99. The van der Waals surface area contributed by atoms with Crippen molar-refractivity contribution in [2.24, 2.45) is 5.92 Å². The maximum atomic E-state index is 12.5. The quantitative estimate of drug-likeness (QED) is 0.747. The molecule has 1 heterocycles. The van der Waals surface area contributed by atoms with Gasteiger partial charge in [0.25, 0.3) is 0 Å². The van der Waals surface area contributed by atoms with E-state index in [9.17, 15) is 9.59 Å². The Morgan fingerprint density at radius 3 is 2.68 bits per heavy atom. The standard InChI is InChI=1S/C14H21N3O2/c1-10(2)17-9-11(8-13(17)18)14(19)16(7-3-6-15)12-4-5-12/h10-12H,3-5,7-9H2,1-2H3. The van der Waals surface area contributed by atoms with E-state index in [4.69, 9.17) is 5.26 Å². The molecule has 104 valence electrons. The molecule has 2 fully saturated rings. The third-order valence-corrected chi connectivity index (χ3v) is 3.87. The van der Waals surface area contributed by atoms with Gasteiger partial charge in [-0.05, 0) is 26.7 Å². The van der Waals surface area contributed by atoms with E-state index >= 15 is 0 Å². The summed E-state index contributed by atoms with van der Waals surface area (Å²) in [6, 6.07) is 2.55. The second-order valence-electron chi connectivity index (χ2n) is 5.71. The molecule has 2 rings (SSSR count). The van der Waals surface area contributed by atoms with E-state index in [-0.39, 0.29) is 23.8 Å². The smallest absolute Gasteiger partial charge is 0.228 e. The van der Waals surface area contributed by atoms with Crippen LogP contribution in [-0.4, -0.2) is 46.8 Å². The van der Waals surface area contributed by atoms with Crippen molar-refractivity contribution in [3.63, 3.8) is 0 Å². The van der Waals surface area contributed by atoms with Crippen molar-refractivity contribution < 1.29 is 9.59 Å². The predicted molar refractivity (Wildman–Crippen MR) is 69.9 cm³/mol. The summed E-state index contributed by atoms with van der Waals surface area (Å²) in [7, 11) is 0. The Labute approximate surface area is 114 Å². The average molecular weight is 263 g/mol. The maximum absolute atomic E-state index is 12.5. The first-order valence-electron chi connectivity index (χ1n) is 7.01. The van der Waals surface area contributed by atoms with Gasteiger partial charge in [0.1, 0.15) is 0 Å². The molecule has 0 aromatic carbocycles. The molecule has 1 atom stereocenters. The molecule has 0 bridgehead atoms. The lowest BCUT2D eigenvalue weighted by atomic mass is 10.1. The highest BCUT2D eigenvalue weighted by molar-refractivity contribution is 5.89. The van der Waals surface area contributed by atoms with E-state index in [0.29, 0.717) is 32.0 Å². The van der Waals surface area contributed by atoms with Crippen molar-refractivity contribution in [2.75, 3.05) is 13.1 Å². The summed E-state index contributed by atoms with van der Waals surface area (Å²) in [6.45, 7) is 4.98. The number of nitrogens with zero attached hydrogens (tertiary/aromatic N) is 3. The molecule has 0 aromatic heterocycles. The van der Waals surface area contributed by atoms with Crippen LogP contribution in [0.15, 0.2) is 0 Å². The van der Waals surface area contributed by atoms with Crippen LogP contribution in [0.1, 0.15) is 39.5 Å². The molecule has 0 spiro atoms. The van der Waals surface area contributed by atoms with Gasteiger partial charge >= 0.3 is 0 Å².